The van der Waals surface area contributed by atoms with E-state index in [-0.39, 0.29) is 26.7 Å². The molecule has 1 atom stereocenters. The molecule has 6 nitrogen and oxygen atoms in total. The Morgan fingerprint density at radius 3 is 2.32 bits per heavy atom. The topological polar surface area (TPSA) is 75.7 Å². The lowest BCUT2D eigenvalue weighted by Gasteiger charge is -2.26. The smallest absolute Gasteiger partial charge is 0.264 e. The number of nitrogens with zero attached hydrogens (tertiary/aromatic N) is 1. The van der Waals surface area contributed by atoms with E-state index in [0.717, 1.165) is 21.2 Å². The molecule has 0 unspecified atom stereocenters. The molecule has 1 N–H and O–H groups in total. The largest absolute Gasteiger partial charge is 0.496 e. The van der Waals surface area contributed by atoms with Crippen LogP contribution < -0.4 is 14.4 Å². The quantitative estimate of drug-likeness (QED) is 0.388. The van der Waals surface area contributed by atoms with Crippen molar-refractivity contribution in [3.05, 3.63) is 87.9 Å². The van der Waals surface area contributed by atoms with E-state index in [0.29, 0.717) is 6.42 Å². The van der Waals surface area contributed by atoms with Gasteiger partial charge in [0.2, 0.25) is 5.91 Å². The highest BCUT2D eigenvalue weighted by molar-refractivity contribution is 7.92. The number of ether oxygens (including phenoxy) is 1. The predicted octanol–water partition coefficient (Wildman–Crippen LogP) is 5.77. The molecule has 180 valence electrons. The number of hydrogen-bond donors (Lipinski definition) is 1. The maximum atomic E-state index is 13.5. The van der Waals surface area contributed by atoms with Crippen molar-refractivity contribution < 1.29 is 17.9 Å². The molecule has 0 saturated heterocycles. The van der Waals surface area contributed by atoms with Crippen molar-refractivity contribution in [1.82, 2.24) is 5.32 Å². The van der Waals surface area contributed by atoms with Crippen LogP contribution in [0.4, 0.5) is 5.69 Å². The summed E-state index contributed by atoms with van der Waals surface area (Å²) in [7, 11) is -2.44. The van der Waals surface area contributed by atoms with Gasteiger partial charge in [0.15, 0.2) is 0 Å². The number of methoxy groups -OCH3 is 1. The maximum Gasteiger partial charge on any atom is 0.264 e. The van der Waals surface area contributed by atoms with E-state index in [4.69, 9.17) is 27.9 Å². The standard InChI is InChI=1S/C25H26Cl2N2O4S/c1-4-23(18-10-13-24(33-3)17(2)14-18)28-25(30)16-29(19-11-12-21(26)22(27)15-19)34(31,32)20-8-6-5-7-9-20/h5-15,23H,4,16H2,1-3H3,(H,28,30)/t23-/m1/s1. The highest BCUT2D eigenvalue weighted by atomic mass is 35.5. The summed E-state index contributed by atoms with van der Waals surface area (Å²) < 4.78 is 33.3. The summed E-state index contributed by atoms with van der Waals surface area (Å²) in [5.74, 6) is 0.301. The normalized spacial score (nSPS) is 12.1. The van der Waals surface area contributed by atoms with Crippen LogP contribution in [0.3, 0.4) is 0 Å². The third kappa shape index (κ3) is 5.84. The van der Waals surface area contributed by atoms with Gasteiger partial charge in [-0.3, -0.25) is 9.10 Å². The van der Waals surface area contributed by atoms with Crippen LogP contribution in [0, 0.1) is 6.92 Å². The van der Waals surface area contributed by atoms with Gasteiger partial charge in [0.25, 0.3) is 10.0 Å². The van der Waals surface area contributed by atoms with E-state index in [1.165, 1.54) is 30.3 Å². The Balaban J connectivity index is 1.92. The van der Waals surface area contributed by atoms with Crippen molar-refractivity contribution >= 4 is 44.8 Å². The van der Waals surface area contributed by atoms with Gasteiger partial charge in [-0.2, -0.15) is 0 Å². The number of halogens is 2. The third-order valence-electron chi connectivity index (χ3n) is 5.37. The first-order valence-corrected chi connectivity index (χ1v) is 12.8. The van der Waals surface area contributed by atoms with Crippen LogP contribution in [-0.2, 0) is 14.8 Å². The van der Waals surface area contributed by atoms with Gasteiger partial charge < -0.3 is 10.1 Å². The highest BCUT2D eigenvalue weighted by Gasteiger charge is 2.28. The highest BCUT2D eigenvalue weighted by Crippen LogP contribution is 2.31. The van der Waals surface area contributed by atoms with Crippen molar-refractivity contribution in [3.63, 3.8) is 0 Å². The second kappa shape index (κ2) is 11.1. The minimum absolute atomic E-state index is 0.0618. The number of rotatable bonds is 9. The Labute approximate surface area is 210 Å². The molecule has 0 spiro atoms. The maximum absolute atomic E-state index is 13.5. The van der Waals surface area contributed by atoms with E-state index < -0.39 is 22.5 Å². The van der Waals surface area contributed by atoms with Crippen LogP contribution in [0.2, 0.25) is 10.0 Å². The number of nitrogens with one attached hydrogen (secondary N) is 1. The predicted molar refractivity (Wildman–Crippen MR) is 136 cm³/mol. The van der Waals surface area contributed by atoms with Crippen molar-refractivity contribution in [2.24, 2.45) is 0 Å². The molecule has 0 aliphatic rings. The van der Waals surface area contributed by atoms with E-state index in [2.05, 4.69) is 5.32 Å². The fraction of sp³-hybridized carbons (Fsp3) is 0.240. The Hall–Kier alpha value is -2.74. The van der Waals surface area contributed by atoms with Gasteiger partial charge in [-0.15, -0.1) is 0 Å². The van der Waals surface area contributed by atoms with Crippen LogP contribution in [0.1, 0.15) is 30.5 Å². The van der Waals surface area contributed by atoms with Crippen LogP contribution in [0.25, 0.3) is 0 Å². The van der Waals surface area contributed by atoms with Crippen LogP contribution in [-0.4, -0.2) is 28.0 Å². The van der Waals surface area contributed by atoms with Crippen LogP contribution in [0.15, 0.2) is 71.6 Å². The Kier molecular flexibility index (Phi) is 8.47. The number of anilines is 1. The van der Waals surface area contributed by atoms with Crippen LogP contribution in [0.5, 0.6) is 5.75 Å². The Morgan fingerprint density at radius 2 is 1.74 bits per heavy atom. The third-order valence-corrected chi connectivity index (χ3v) is 7.90. The van der Waals surface area contributed by atoms with E-state index >= 15 is 0 Å². The molecule has 0 saturated carbocycles. The molecule has 0 radical (unpaired) electrons. The molecule has 3 aromatic rings. The molecule has 0 aliphatic carbocycles. The van der Waals surface area contributed by atoms with Crippen molar-refractivity contribution in [1.29, 1.82) is 0 Å². The first kappa shape index (κ1) is 25.9. The van der Waals surface area contributed by atoms with E-state index in [1.54, 1.807) is 25.3 Å². The molecular weight excluding hydrogens is 495 g/mol. The molecular formula is C25H26Cl2N2O4S. The number of benzene rings is 3. The number of amides is 1. The van der Waals surface area contributed by atoms with Crippen molar-refractivity contribution in [3.8, 4) is 5.75 Å². The van der Waals surface area contributed by atoms with Gasteiger partial charge in [-0.25, -0.2) is 8.42 Å². The summed E-state index contributed by atoms with van der Waals surface area (Å²) in [5.41, 5.74) is 2.08. The minimum atomic E-state index is -4.05. The average Bonchev–Trinajstić information content (AvgIpc) is 2.83. The summed E-state index contributed by atoms with van der Waals surface area (Å²) in [6.45, 7) is 3.44. The van der Waals surface area contributed by atoms with Gasteiger partial charge in [-0.05, 0) is 60.9 Å². The number of carbonyl (C=O) groups excluding carboxylic acids is 1. The van der Waals surface area contributed by atoms with Gasteiger partial charge in [0.1, 0.15) is 12.3 Å². The van der Waals surface area contributed by atoms with Crippen LogP contribution >= 0.6 is 23.2 Å². The van der Waals surface area contributed by atoms with Gasteiger partial charge in [-0.1, -0.05) is 60.5 Å². The van der Waals surface area contributed by atoms with Crippen molar-refractivity contribution in [2.75, 3.05) is 18.0 Å². The molecule has 1 amide bonds. The molecule has 0 bridgehead atoms. The average molecular weight is 521 g/mol. The fourth-order valence-electron chi connectivity index (χ4n) is 3.58. The molecule has 0 fully saturated rings. The number of hydrogen-bond acceptors (Lipinski definition) is 4. The summed E-state index contributed by atoms with van der Waals surface area (Å²) in [4.78, 5) is 13.2. The zero-order chi connectivity index (χ0) is 24.9. The number of aryl methyl sites for hydroxylation is 1. The molecule has 0 heterocycles. The summed E-state index contributed by atoms with van der Waals surface area (Å²) in [6, 6.07) is 17.8. The summed E-state index contributed by atoms with van der Waals surface area (Å²) in [5, 5.41) is 3.43. The van der Waals surface area contributed by atoms with Gasteiger partial charge in [0, 0.05) is 0 Å². The Morgan fingerprint density at radius 1 is 1.03 bits per heavy atom. The molecule has 3 rings (SSSR count). The first-order valence-electron chi connectivity index (χ1n) is 10.6. The zero-order valence-corrected chi connectivity index (χ0v) is 21.4. The zero-order valence-electron chi connectivity index (χ0n) is 19.1. The second-order valence-corrected chi connectivity index (χ2v) is 10.4. The molecule has 34 heavy (non-hydrogen) atoms. The van der Waals surface area contributed by atoms with Gasteiger partial charge in [0.05, 0.1) is 33.8 Å². The minimum Gasteiger partial charge on any atom is -0.496 e. The first-order chi connectivity index (χ1) is 16.2. The summed E-state index contributed by atoms with van der Waals surface area (Å²) in [6.07, 6.45) is 0.621. The van der Waals surface area contributed by atoms with Crippen molar-refractivity contribution in [2.45, 2.75) is 31.2 Å². The molecule has 0 aliphatic heterocycles. The SMILES string of the molecule is CC[C@@H](NC(=O)CN(c1ccc(Cl)c(Cl)c1)S(=O)(=O)c1ccccc1)c1ccc(OC)c(C)c1. The van der Waals surface area contributed by atoms with Gasteiger partial charge >= 0.3 is 0 Å². The molecule has 3 aromatic carbocycles. The second-order valence-electron chi connectivity index (χ2n) is 7.68. The number of sulfonamides is 1. The lowest BCUT2D eigenvalue weighted by Crippen LogP contribution is -2.42. The molecule has 0 aromatic heterocycles. The Bertz CT molecular complexity index is 1270. The number of carbonyl (C=O) groups is 1. The lowest BCUT2D eigenvalue weighted by atomic mass is 10.0. The van der Waals surface area contributed by atoms with E-state index in [9.17, 15) is 13.2 Å². The monoisotopic (exact) mass is 520 g/mol. The lowest BCUT2D eigenvalue weighted by molar-refractivity contribution is -0.120. The van der Waals surface area contributed by atoms with E-state index in [1.807, 2.05) is 32.0 Å². The fourth-order valence-corrected chi connectivity index (χ4v) is 5.31. The molecule has 9 heteroatoms. The summed E-state index contributed by atoms with van der Waals surface area (Å²) >= 11 is 12.2.